The molecule has 4 aliphatic heterocycles. The average Bonchev–Trinajstić information content (AvgIpc) is 3.50. The van der Waals surface area contributed by atoms with Gasteiger partial charge in [0.2, 0.25) is 6.39 Å². The van der Waals surface area contributed by atoms with Crippen molar-refractivity contribution >= 4 is 6.01 Å². The van der Waals surface area contributed by atoms with Crippen molar-refractivity contribution in [1.82, 2.24) is 15.1 Å². The van der Waals surface area contributed by atoms with Crippen molar-refractivity contribution in [2.45, 2.75) is 56.1 Å². The molecule has 1 aromatic heterocycles. The predicted octanol–water partition coefficient (Wildman–Crippen LogP) is 3.27. The van der Waals surface area contributed by atoms with E-state index in [1.165, 1.54) is 51.6 Å². The van der Waals surface area contributed by atoms with Crippen LogP contribution in [0.25, 0.3) is 0 Å². The van der Waals surface area contributed by atoms with Gasteiger partial charge in [-0.05, 0) is 74.6 Å². The van der Waals surface area contributed by atoms with E-state index in [4.69, 9.17) is 13.9 Å². The van der Waals surface area contributed by atoms with Crippen LogP contribution < -0.4 is 4.90 Å². The van der Waals surface area contributed by atoms with Crippen molar-refractivity contribution in [2.24, 2.45) is 5.92 Å². The normalized spacial score (nSPS) is 27.1. The van der Waals surface area contributed by atoms with E-state index in [9.17, 15) is 0 Å². The van der Waals surface area contributed by atoms with Gasteiger partial charge in [0.25, 0.3) is 0 Å². The lowest BCUT2D eigenvalue weighted by Crippen LogP contribution is -2.62. The minimum absolute atomic E-state index is 0.0215. The smallest absolute Gasteiger partial charge is 0.318 e. The molecular formula is C25H34N4O3. The minimum atomic E-state index is -0.0215. The van der Waals surface area contributed by atoms with Gasteiger partial charge in [-0.25, -0.2) is 0 Å². The van der Waals surface area contributed by atoms with Gasteiger partial charge in [0, 0.05) is 19.3 Å². The van der Waals surface area contributed by atoms with Gasteiger partial charge in [-0.3, -0.25) is 4.90 Å². The Morgan fingerprint density at radius 3 is 2.62 bits per heavy atom. The first kappa shape index (κ1) is 20.6. The number of hydrogen-bond acceptors (Lipinski definition) is 7. The van der Waals surface area contributed by atoms with Crippen molar-refractivity contribution in [3.63, 3.8) is 0 Å². The Kier molecular flexibility index (Phi) is 5.65. The summed E-state index contributed by atoms with van der Waals surface area (Å²) in [4.78, 5) is 4.80. The molecule has 4 saturated heterocycles. The summed E-state index contributed by atoms with van der Waals surface area (Å²) < 4.78 is 17.2. The molecule has 1 atom stereocenters. The highest BCUT2D eigenvalue weighted by Gasteiger charge is 2.52. The Hall–Kier alpha value is -1.96. The van der Waals surface area contributed by atoms with Gasteiger partial charge < -0.3 is 18.8 Å². The Labute approximate surface area is 190 Å². The van der Waals surface area contributed by atoms with E-state index >= 15 is 0 Å². The van der Waals surface area contributed by atoms with Crippen LogP contribution in [-0.2, 0) is 15.9 Å². The Bertz CT molecular complexity index is 884. The molecule has 0 amide bonds. The van der Waals surface area contributed by atoms with Gasteiger partial charge in [-0.15, -0.1) is 5.10 Å². The molecule has 4 fully saturated rings. The van der Waals surface area contributed by atoms with E-state index in [0.717, 1.165) is 45.2 Å². The molecule has 5 heterocycles. The molecular weight excluding hydrogens is 404 g/mol. The largest absolute Gasteiger partial charge is 0.411 e. The number of anilines is 1. The summed E-state index contributed by atoms with van der Waals surface area (Å²) in [5.74, 6) is 1.47. The number of piperidine rings is 1. The van der Waals surface area contributed by atoms with Gasteiger partial charge in [0.05, 0.1) is 19.7 Å². The third-order valence-corrected chi connectivity index (χ3v) is 8.16. The molecule has 2 aromatic rings. The Balaban J connectivity index is 1.03. The first-order valence-corrected chi connectivity index (χ1v) is 12.3. The molecule has 6 rings (SSSR count). The van der Waals surface area contributed by atoms with Crippen LogP contribution >= 0.6 is 0 Å². The highest BCUT2D eigenvalue weighted by atomic mass is 16.5. The summed E-state index contributed by atoms with van der Waals surface area (Å²) in [5.41, 5.74) is 3.16. The molecule has 1 spiro atoms. The Morgan fingerprint density at radius 2 is 1.84 bits per heavy atom. The number of nitrogens with zero attached hydrogens (tertiary/aromatic N) is 4. The van der Waals surface area contributed by atoms with Gasteiger partial charge in [-0.1, -0.05) is 29.4 Å². The van der Waals surface area contributed by atoms with Gasteiger partial charge >= 0.3 is 6.01 Å². The highest BCUT2D eigenvalue weighted by Crippen LogP contribution is 2.40. The van der Waals surface area contributed by atoms with E-state index in [2.05, 4.69) is 44.3 Å². The van der Waals surface area contributed by atoms with Crippen LogP contribution in [0, 0.1) is 5.92 Å². The predicted molar refractivity (Wildman–Crippen MR) is 121 cm³/mol. The second-order valence-electron chi connectivity index (χ2n) is 10.2. The van der Waals surface area contributed by atoms with Crippen molar-refractivity contribution < 1.29 is 13.9 Å². The topological polar surface area (TPSA) is 63.9 Å². The van der Waals surface area contributed by atoms with Gasteiger partial charge in [-0.2, -0.15) is 0 Å². The molecule has 32 heavy (non-hydrogen) atoms. The zero-order valence-electron chi connectivity index (χ0n) is 18.8. The molecule has 172 valence electrons. The lowest BCUT2D eigenvalue weighted by atomic mass is 9.82. The van der Waals surface area contributed by atoms with Crippen LogP contribution in [0.2, 0.25) is 0 Å². The van der Waals surface area contributed by atoms with Crippen molar-refractivity contribution in [3.8, 4) is 0 Å². The van der Waals surface area contributed by atoms with E-state index in [0.29, 0.717) is 18.0 Å². The number of ether oxygens (including phenoxy) is 2. The lowest BCUT2D eigenvalue weighted by molar-refractivity contribution is -0.0216. The molecule has 0 aliphatic carbocycles. The molecule has 0 N–H and O–H groups in total. The van der Waals surface area contributed by atoms with Crippen molar-refractivity contribution in [2.75, 3.05) is 50.9 Å². The molecule has 0 saturated carbocycles. The maximum Gasteiger partial charge on any atom is 0.318 e. The van der Waals surface area contributed by atoms with E-state index in [1.807, 2.05) is 0 Å². The summed E-state index contributed by atoms with van der Waals surface area (Å²) in [7, 11) is 0. The fourth-order valence-electron chi connectivity index (χ4n) is 6.32. The maximum atomic E-state index is 6.30. The summed E-state index contributed by atoms with van der Waals surface area (Å²) >= 11 is 0. The number of hydrogen-bond donors (Lipinski definition) is 0. The quantitative estimate of drug-likeness (QED) is 0.710. The fourth-order valence-corrected chi connectivity index (χ4v) is 6.32. The van der Waals surface area contributed by atoms with Crippen molar-refractivity contribution in [3.05, 3.63) is 41.8 Å². The Morgan fingerprint density at radius 1 is 1.03 bits per heavy atom. The average molecular weight is 439 g/mol. The van der Waals surface area contributed by atoms with E-state index in [1.54, 1.807) is 11.1 Å². The van der Waals surface area contributed by atoms with Crippen molar-refractivity contribution in [1.29, 1.82) is 0 Å². The standard InChI is InChI=1S/C25H34N4O3/c1-2-4-23(21(3-1)13-19-7-11-30-12-8-19)20-5-9-28(10-6-20)22-14-25(32-15-22)16-29(17-25)24-27-26-18-31-24/h1-4,18-20,22H,5-17H2/t22-/m0/s1. The molecule has 4 aliphatic rings. The first-order valence-electron chi connectivity index (χ1n) is 12.3. The van der Waals surface area contributed by atoms with E-state index in [-0.39, 0.29) is 5.60 Å². The summed E-state index contributed by atoms with van der Waals surface area (Å²) in [6.07, 6.45) is 8.65. The number of likely N-dealkylation sites (tertiary alicyclic amines) is 1. The molecule has 7 heteroatoms. The van der Waals surface area contributed by atoms with Gasteiger partial charge in [0.1, 0.15) is 5.60 Å². The molecule has 7 nitrogen and oxygen atoms in total. The molecule has 0 bridgehead atoms. The zero-order valence-corrected chi connectivity index (χ0v) is 18.8. The highest BCUT2D eigenvalue weighted by molar-refractivity contribution is 5.34. The van der Waals surface area contributed by atoms with Crippen LogP contribution in [-0.4, -0.2) is 72.7 Å². The summed E-state index contributed by atoms with van der Waals surface area (Å²) in [5, 5.41) is 7.81. The minimum Gasteiger partial charge on any atom is -0.411 e. The van der Waals surface area contributed by atoms with Gasteiger partial charge in [0.15, 0.2) is 0 Å². The third kappa shape index (κ3) is 4.06. The zero-order chi connectivity index (χ0) is 21.4. The number of aromatic nitrogens is 2. The fraction of sp³-hybridized carbons (Fsp3) is 0.680. The summed E-state index contributed by atoms with van der Waals surface area (Å²) in [6, 6.07) is 10.4. The second-order valence-corrected chi connectivity index (χ2v) is 10.2. The molecule has 0 unspecified atom stereocenters. The van der Waals surface area contributed by atoms with Crippen LogP contribution in [0.1, 0.15) is 49.1 Å². The van der Waals surface area contributed by atoms with E-state index < -0.39 is 0 Å². The summed E-state index contributed by atoms with van der Waals surface area (Å²) in [6.45, 7) is 6.79. The number of rotatable bonds is 5. The maximum absolute atomic E-state index is 6.30. The molecule has 1 aromatic carbocycles. The van der Waals surface area contributed by atoms with Crippen LogP contribution in [0.4, 0.5) is 6.01 Å². The third-order valence-electron chi connectivity index (χ3n) is 8.16. The molecule has 0 radical (unpaired) electrons. The first-order chi connectivity index (χ1) is 15.8. The van der Waals surface area contributed by atoms with Crippen LogP contribution in [0.3, 0.4) is 0 Å². The monoisotopic (exact) mass is 438 g/mol. The second kappa shape index (κ2) is 8.76. The van der Waals surface area contributed by atoms with Crippen LogP contribution in [0.5, 0.6) is 0 Å². The SMILES string of the molecule is c1ccc(C2CCN([C@@H]3COC4(C3)CN(c3nnco3)C4)CC2)c(CC2CCOCC2)c1. The lowest BCUT2D eigenvalue weighted by Gasteiger charge is -2.46. The van der Waals surface area contributed by atoms with Crippen LogP contribution in [0.15, 0.2) is 35.1 Å². The number of benzene rings is 1.